The number of carbonyl (C=O) groups is 4. The predicted molar refractivity (Wildman–Crippen MR) is 152 cm³/mol. The minimum absolute atomic E-state index is 0.00489. The van der Waals surface area contributed by atoms with E-state index in [1.807, 2.05) is 0 Å². The van der Waals surface area contributed by atoms with Crippen molar-refractivity contribution >= 4 is 52.4 Å². The van der Waals surface area contributed by atoms with Gasteiger partial charge in [-0.2, -0.15) is 9.97 Å². The van der Waals surface area contributed by atoms with Gasteiger partial charge in [-0.15, -0.1) is 0 Å². The lowest BCUT2D eigenvalue weighted by atomic mass is 10.1. The normalized spacial score (nSPS) is 11.4. The van der Waals surface area contributed by atoms with Crippen LogP contribution in [-0.4, -0.2) is 66.5 Å². The van der Waals surface area contributed by atoms with E-state index < -0.39 is 29.8 Å². The van der Waals surface area contributed by atoms with E-state index in [0.29, 0.717) is 23.4 Å². The van der Waals surface area contributed by atoms with E-state index in [0.717, 1.165) is 0 Å². The number of rotatable bonds is 12. The number of anilines is 3. The maximum atomic E-state index is 12.7. The third-order valence-corrected chi connectivity index (χ3v) is 6.05. The summed E-state index contributed by atoms with van der Waals surface area (Å²) in [5, 5.41) is 26.9. The van der Waals surface area contributed by atoms with Gasteiger partial charge in [-0.25, -0.2) is 19.6 Å². The third-order valence-electron chi connectivity index (χ3n) is 6.05. The number of nitrogens with zero attached hydrogens (tertiary/aromatic N) is 4. The Morgan fingerprint density at radius 1 is 0.881 bits per heavy atom. The number of amides is 2. The first kappa shape index (κ1) is 29.1. The highest BCUT2D eigenvalue weighted by molar-refractivity contribution is 5.98. The second kappa shape index (κ2) is 13.0. The fourth-order valence-corrected chi connectivity index (χ4v) is 3.90. The van der Waals surface area contributed by atoms with Crippen LogP contribution in [0.15, 0.2) is 54.7 Å². The van der Waals surface area contributed by atoms with Gasteiger partial charge >= 0.3 is 11.9 Å². The van der Waals surface area contributed by atoms with E-state index in [2.05, 4.69) is 35.9 Å². The molecule has 2 heterocycles. The molecule has 0 spiro atoms. The molecule has 2 aromatic heterocycles. The van der Waals surface area contributed by atoms with Crippen LogP contribution in [0.5, 0.6) is 0 Å². The van der Waals surface area contributed by atoms with Gasteiger partial charge in [-0.3, -0.25) is 9.59 Å². The number of aromatic carboxylic acids is 1. The van der Waals surface area contributed by atoms with Gasteiger partial charge in [0.15, 0.2) is 17.0 Å². The zero-order chi connectivity index (χ0) is 30.2. The lowest BCUT2D eigenvalue weighted by Gasteiger charge is -2.15. The predicted octanol–water partition coefficient (Wildman–Crippen LogP) is 1.29. The van der Waals surface area contributed by atoms with Gasteiger partial charge in [-0.05, 0) is 55.3 Å². The molecule has 15 heteroatoms. The molecule has 0 saturated heterocycles. The molecular weight excluding hydrogens is 546 g/mol. The van der Waals surface area contributed by atoms with Crippen LogP contribution in [-0.2, 0) is 11.3 Å². The quantitative estimate of drug-likeness (QED) is 0.118. The van der Waals surface area contributed by atoms with Crippen molar-refractivity contribution < 1.29 is 29.4 Å². The number of hydrogen-bond donors (Lipinski definition) is 7. The van der Waals surface area contributed by atoms with Gasteiger partial charge in [0.2, 0.25) is 5.95 Å². The fraction of sp³-hybridized carbons (Fsp3) is 0.185. The summed E-state index contributed by atoms with van der Waals surface area (Å²) >= 11 is 0. The summed E-state index contributed by atoms with van der Waals surface area (Å²) in [6.45, 7) is 0.423. The van der Waals surface area contributed by atoms with Crippen LogP contribution < -0.4 is 27.4 Å². The van der Waals surface area contributed by atoms with Crippen molar-refractivity contribution in [2.45, 2.75) is 25.4 Å². The van der Waals surface area contributed by atoms with Gasteiger partial charge in [0.25, 0.3) is 11.8 Å². The number of benzene rings is 2. The summed E-state index contributed by atoms with van der Waals surface area (Å²) < 4.78 is 0. The van der Waals surface area contributed by atoms with Crippen LogP contribution in [0.1, 0.15) is 49.6 Å². The molecule has 2 amide bonds. The fourth-order valence-electron chi connectivity index (χ4n) is 3.90. The van der Waals surface area contributed by atoms with Crippen molar-refractivity contribution in [2.75, 3.05) is 23.3 Å². The van der Waals surface area contributed by atoms with Crippen LogP contribution in [0.4, 0.5) is 17.5 Å². The number of nitrogen functional groups attached to an aromatic ring is 2. The maximum Gasteiger partial charge on any atom is 0.335 e. The SMILES string of the molecule is Nc1nc(N)c2nc(CNc3ccc(C(=O)N[C@@H](CCCNC(=O)c4cccc(C(=O)O)c4)C(=O)O)cc3)cnc2n1. The molecular formula is C27H27N9O6. The van der Waals surface area contributed by atoms with Gasteiger partial charge in [0.05, 0.1) is 24.0 Å². The van der Waals surface area contributed by atoms with Gasteiger partial charge in [0, 0.05) is 23.4 Å². The molecule has 0 aliphatic rings. The lowest BCUT2D eigenvalue weighted by molar-refractivity contribution is -0.139. The Hall–Kier alpha value is -5.86. The molecule has 42 heavy (non-hydrogen) atoms. The Morgan fingerprint density at radius 3 is 2.33 bits per heavy atom. The van der Waals surface area contributed by atoms with E-state index in [1.165, 1.54) is 30.5 Å². The second-order valence-electron chi connectivity index (χ2n) is 9.08. The molecule has 2 aromatic carbocycles. The largest absolute Gasteiger partial charge is 0.480 e. The first-order chi connectivity index (χ1) is 20.1. The molecule has 15 nitrogen and oxygen atoms in total. The summed E-state index contributed by atoms with van der Waals surface area (Å²) in [7, 11) is 0. The Kier molecular flexibility index (Phi) is 9.01. The number of carboxylic acid groups (broad SMARTS) is 2. The number of carbonyl (C=O) groups excluding carboxylic acids is 2. The summed E-state index contributed by atoms with van der Waals surface area (Å²) in [6.07, 6.45) is 1.84. The Morgan fingerprint density at radius 2 is 1.62 bits per heavy atom. The van der Waals surface area contributed by atoms with E-state index >= 15 is 0 Å². The molecule has 216 valence electrons. The van der Waals surface area contributed by atoms with Crippen LogP contribution in [0, 0.1) is 0 Å². The van der Waals surface area contributed by atoms with E-state index in [9.17, 15) is 24.3 Å². The molecule has 0 radical (unpaired) electrons. The van der Waals surface area contributed by atoms with E-state index in [1.54, 1.807) is 24.3 Å². The number of fused-ring (bicyclic) bond motifs is 1. The number of nitrogens with two attached hydrogens (primary N) is 2. The van der Waals surface area contributed by atoms with E-state index in [-0.39, 0.29) is 53.5 Å². The van der Waals surface area contributed by atoms with Crippen molar-refractivity contribution in [3.05, 3.63) is 77.1 Å². The average Bonchev–Trinajstić information content (AvgIpc) is 2.97. The van der Waals surface area contributed by atoms with Crippen molar-refractivity contribution in [2.24, 2.45) is 0 Å². The summed E-state index contributed by atoms with van der Waals surface area (Å²) in [4.78, 5) is 64.2. The minimum Gasteiger partial charge on any atom is -0.480 e. The van der Waals surface area contributed by atoms with E-state index in [4.69, 9.17) is 16.6 Å². The maximum absolute atomic E-state index is 12.7. The van der Waals surface area contributed by atoms with Gasteiger partial charge in [-0.1, -0.05) is 6.07 Å². The highest BCUT2D eigenvalue weighted by Crippen LogP contribution is 2.16. The number of nitrogens with one attached hydrogen (secondary N) is 3. The van der Waals surface area contributed by atoms with Crippen molar-refractivity contribution in [3.63, 3.8) is 0 Å². The zero-order valence-corrected chi connectivity index (χ0v) is 22.1. The summed E-state index contributed by atoms with van der Waals surface area (Å²) in [5.41, 5.74) is 13.7. The average molecular weight is 574 g/mol. The number of aliphatic carboxylic acids is 1. The highest BCUT2D eigenvalue weighted by atomic mass is 16.4. The zero-order valence-electron chi connectivity index (χ0n) is 22.1. The standard InChI is InChI=1S/C27H27N9O6/c28-21-20-22(36-27(29)35-21)32-13-18(33-20)12-31-17-8-6-14(7-9-17)24(38)34-19(26(41)42)5-2-10-30-23(37)15-3-1-4-16(11-15)25(39)40/h1,3-4,6-9,11,13,19,31H,2,5,10,12H2,(H,30,37)(H,34,38)(H,39,40)(H,41,42)(H4,28,29,32,35,36)/t19-/m0/s1. The van der Waals surface area contributed by atoms with Crippen LogP contribution >= 0.6 is 0 Å². The third kappa shape index (κ3) is 7.41. The topological polar surface area (TPSA) is 248 Å². The van der Waals surface area contributed by atoms with Crippen LogP contribution in [0.3, 0.4) is 0 Å². The molecule has 0 bridgehead atoms. The molecule has 0 unspecified atom stereocenters. The van der Waals surface area contributed by atoms with Crippen LogP contribution in [0.2, 0.25) is 0 Å². The molecule has 1 atom stereocenters. The highest BCUT2D eigenvalue weighted by Gasteiger charge is 2.20. The molecule has 0 aliphatic carbocycles. The van der Waals surface area contributed by atoms with Crippen LogP contribution in [0.25, 0.3) is 11.2 Å². The van der Waals surface area contributed by atoms with Gasteiger partial charge < -0.3 is 37.6 Å². The van der Waals surface area contributed by atoms with Crippen molar-refractivity contribution in [3.8, 4) is 0 Å². The Bertz CT molecular complexity index is 1650. The molecule has 0 fully saturated rings. The smallest absolute Gasteiger partial charge is 0.335 e. The first-order valence-corrected chi connectivity index (χ1v) is 12.6. The van der Waals surface area contributed by atoms with Crippen molar-refractivity contribution in [1.29, 1.82) is 0 Å². The molecule has 0 saturated carbocycles. The molecule has 0 aliphatic heterocycles. The van der Waals surface area contributed by atoms with Gasteiger partial charge in [0.1, 0.15) is 6.04 Å². The molecule has 4 rings (SSSR count). The minimum atomic E-state index is -1.22. The van der Waals surface area contributed by atoms with Crippen molar-refractivity contribution in [1.82, 2.24) is 30.6 Å². The number of hydrogen-bond acceptors (Lipinski definition) is 11. The molecule has 9 N–H and O–H groups in total. The Labute approximate surface area is 238 Å². The summed E-state index contributed by atoms with van der Waals surface area (Å²) in [5.74, 6) is -3.30. The summed E-state index contributed by atoms with van der Waals surface area (Å²) in [6, 6.07) is 10.8. The molecule has 4 aromatic rings. The first-order valence-electron chi connectivity index (χ1n) is 12.6. The number of aromatic nitrogens is 4. The second-order valence-corrected chi connectivity index (χ2v) is 9.08. The Balaban J connectivity index is 1.26. The lowest BCUT2D eigenvalue weighted by Crippen LogP contribution is -2.41. The monoisotopic (exact) mass is 573 g/mol. The number of carboxylic acids is 2.